The summed E-state index contributed by atoms with van der Waals surface area (Å²) in [6.07, 6.45) is 4.98. The third-order valence-electron chi connectivity index (χ3n) is 5.11. The number of hydrogen-bond donors (Lipinski definition) is 1. The Hall–Kier alpha value is -2.73. The van der Waals surface area contributed by atoms with Gasteiger partial charge in [0.2, 0.25) is 0 Å². The van der Waals surface area contributed by atoms with E-state index in [0.717, 1.165) is 38.2 Å². The van der Waals surface area contributed by atoms with Gasteiger partial charge in [-0.3, -0.25) is 14.7 Å². The lowest BCUT2D eigenvalue weighted by atomic mass is 10.1. The van der Waals surface area contributed by atoms with E-state index in [2.05, 4.69) is 14.9 Å². The molecule has 0 amide bonds. The van der Waals surface area contributed by atoms with Crippen LogP contribution in [-0.2, 0) is 6.54 Å². The van der Waals surface area contributed by atoms with E-state index in [1.807, 2.05) is 18.2 Å². The highest BCUT2D eigenvalue weighted by Crippen LogP contribution is 2.29. The summed E-state index contributed by atoms with van der Waals surface area (Å²) in [7, 11) is 0. The predicted molar refractivity (Wildman–Crippen MR) is 102 cm³/mol. The van der Waals surface area contributed by atoms with Crippen LogP contribution in [0.5, 0.6) is 5.75 Å². The van der Waals surface area contributed by atoms with Crippen molar-refractivity contribution in [2.24, 2.45) is 0 Å². The second-order valence-electron chi connectivity index (χ2n) is 7.02. The molecule has 0 spiro atoms. The minimum atomic E-state index is -0.452. The lowest BCUT2D eigenvalue weighted by Gasteiger charge is -2.32. The topological polar surface area (TPSA) is 58.2 Å². The Morgan fingerprint density at radius 2 is 2.07 bits per heavy atom. The van der Waals surface area contributed by atoms with Crippen LogP contribution in [0, 0.1) is 12.7 Å². The molecule has 3 heterocycles. The number of halogens is 1. The lowest BCUT2D eigenvalue weighted by Crippen LogP contribution is -2.38. The molecule has 1 aliphatic rings. The van der Waals surface area contributed by atoms with Crippen molar-refractivity contribution in [3.63, 3.8) is 0 Å². The summed E-state index contributed by atoms with van der Waals surface area (Å²) in [5.41, 5.74) is 1.46. The zero-order chi connectivity index (χ0) is 18.8. The van der Waals surface area contributed by atoms with Crippen LogP contribution in [0.4, 0.5) is 4.39 Å². The Bertz CT molecular complexity index is 995. The van der Waals surface area contributed by atoms with Gasteiger partial charge in [0, 0.05) is 37.4 Å². The zero-order valence-corrected chi connectivity index (χ0v) is 15.2. The minimum Gasteiger partial charge on any atom is -0.487 e. The highest BCUT2D eigenvalue weighted by Gasteiger charge is 2.23. The Balaban J connectivity index is 1.44. The number of nitrogens with one attached hydrogen (secondary N) is 1. The third-order valence-corrected chi connectivity index (χ3v) is 5.11. The standard InChI is InChI=1S/C21H22FN3O2/c1-14-12-24-21(26)17-5-6-18(20(22)19(14)17)27-16-7-10-25(11-8-16)13-15-4-2-3-9-23-15/h2-6,9,12,16H,7-8,10-11,13H2,1H3,(H,24,26). The quantitative estimate of drug-likeness (QED) is 0.768. The van der Waals surface area contributed by atoms with E-state index >= 15 is 0 Å². The maximum atomic E-state index is 14.9. The molecule has 1 saturated heterocycles. The van der Waals surface area contributed by atoms with Gasteiger partial charge in [0.25, 0.3) is 5.56 Å². The van der Waals surface area contributed by atoms with Crippen LogP contribution in [0.3, 0.4) is 0 Å². The van der Waals surface area contributed by atoms with E-state index in [1.165, 1.54) is 6.20 Å². The number of rotatable bonds is 4. The van der Waals surface area contributed by atoms with E-state index < -0.39 is 5.82 Å². The Kier molecular flexibility index (Phi) is 4.90. The maximum Gasteiger partial charge on any atom is 0.255 e. The molecule has 0 bridgehead atoms. The Morgan fingerprint density at radius 1 is 1.26 bits per heavy atom. The maximum absolute atomic E-state index is 14.9. The summed E-state index contributed by atoms with van der Waals surface area (Å²) in [6, 6.07) is 9.13. The smallest absolute Gasteiger partial charge is 0.255 e. The van der Waals surface area contributed by atoms with Crippen molar-refractivity contribution in [3.05, 3.63) is 70.2 Å². The first-order valence-electron chi connectivity index (χ1n) is 9.21. The molecule has 1 aromatic carbocycles. The number of H-pyrrole nitrogens is 1. The molecular formula is C21H22FN3O2. The molecule has 6 heteroatoms. The fourth-order valence-corrected chi connectivity index (χ4v) is 3.63. The summed E-state index contributed by atoms with van der Waals surface area (Å²) >= 11 is 0. The molecule has 5 nitrogen and oxygen atoms in total. The second kappa shape index (κ2) is 7.48. The van der Waals surface area contributed by atoms with Crippen molar-refractivity contribution >= 4 is 10.8 Å². The van der Waals surface area contributed by atoms with Gasteiger partial charge in [-0.15, -0.1) is 0 Å². The minimum absolute atomic E-state index is 0.0285. The molecule has 0 aliphatic carbocycles. The number of nitrogens with zero attached hydrogens (tertiary/aromatic N) is 2. The van der Waals surface area contributed by atoms with E-state index in [-0.39, 0.29) is 17.4 Å². The van der Waals surface area contributed by atoms with Crippen molar-refractivity contribution in [2.45, 2.75) is 32.4 Å². The fourth-order valence-electron chi connectivity index (χ4n) is 3.63. The van der Waals surface area contributed by atoms with Crippen LogP contribution in [-0.4, -0.2) is 34.1 Å². The van der Waals surface area contributed by atoms with Gasteiger partial charge < -0.3 is 9.72 Å². The number of benzene rings is 1. The molecule has 3 aromatic rings. The number of pyridine rings is 2. The van der Waals surface area contributed by atoms with E-state index in [0.29, 0.717) is 16.3 Å². The molecule has 140 valence electrons. The highest BCUT2D eigenvalue weighted by molar-refractivity contribution is 5.86. The number of likely N-dealkylation sites (tertiary alicyclic amines) is 1. The molecule has 1 aliphatic heterocycles. The van der Waals surface area contributed by atoms with E-state index in [9.17, 15) is 9.18 Å². The van der Waals surface area contributed by atoms with Crippen LogP contribution in [0.15, 0.2) is 47.5 Å². The third kappa shape index (κ3) is 3.71. The first-order chi connectivity index (χ1) is 13.1. The summed E-state index contributed by atoms with van der Waals surface area (Å²) in [5.74, 6) is -0.230. The van der Waals surface area contributed by atoms with Gasteiger partial charge in [-0.25, -0.2) is 4.39 Å². The van der Waals surface area contributed by atoms with Crippen molar-refractivity contribution in [2.75, 3.05) is 13.1 Å². The van der Waals surface area contributed by atoms with Crippen LogP contribution in [0.25, 0.3) is 10.8 Å². The predicted octanol–water partition coefficient (Wildman–Crippen LogP) is 3.41. The van der Waals surface area contributed by atoms with Gasteiger partial charge in [-0.1, -0.05) is 6.07 Å². The van der Waals surface area contributed by atoms with Crippen molar-refractivity contribution in [3.8, 4) is 5.75 Å². The zero-order valence-electron chi connectivity index (χ0n) is 15.2. The van der Waals surface area contributed by atoms with Crippen LogP contribution >= 0.6 is 0 Å². The molecule has 0 radical (unpaired) electrons. The molecule has 0 atom stereocenters. The molecular weight excluding hydrogens is 345 g/mol. The average molecular weight is 367 g/mol. The lowest BCUT2D eigenvalue weighted by molar-refractivity contribution is 0.0931. The largest absolute Gasteiger partial charge is 0.487 e. The van der Waals surface area contributed by atoms with Gasteiger partial charge in [0.15, 0.2) is 11.6 Å². The molecule has 0 saturated carbocycles. The highest BCUT2D eigenvalue weighted by atomic mass is 19.1. The molecule has 27 heavy (non-hydrogen) atoms. The number of piperidine rings is 1. The Morgan fingerprint density at radius 3 is 2.81 bits per heavy atom. The first-order valence-corrected chi connectivity index (χ1v) is 9.21. The van der Waals surface area contributed by atoms with Gasteiger partial charge in [0.05, 0.1) is 11.1 Å². The molecule has 1 fully saturated rings. The van der Waals surface area contributed by atoms with Crippen LogP contribution in [0.1, 0.15) is 24.1 Å². The molecule has 1 N–H and O–H groups in total. The van der Waals surface area contributed by atoms with Gasteiger partial charge >= 0.3 is 0 Å². The van der Waals surface area contributed by atoms with Gasteiger partial charge in [-0.2, -0.15) is 0 Å². The first kappa shape index (κ1) is 17.7. The molecule has 0 unspecified atom stereocenters. The second-order valence-corrected chi connectivity index (χ2v) is 7.02. The van der Waals surface area contributed by atoms with Crippen molar-refractivity contribution in [1.82, 2.24) is 14.9 Å². The summed E-state index contributed by atoms with van der Waals surface area (Å²) in [5, 5.41) is 0.689. The van der Waals surface area contributed by atoms with E-state index in [4.69, 9.17) is 4.74 Å². The molecule has 4 rings (SSSR count). The van der Waals surface area contributed by atoms with E-state index in [1.54, 1.807) is 25.3 Å². The fraction of sp³-hybridized carbons (Fsp3) is 0.333. The number of aromatic nitrogens is 2. The number of hydrogen-bond acceptors (Lipinski definition) is 4. The number of fused-ring (bicyclic) bond motifs is 1. The normalized spacial score (nSPS) is 15.9. The van der Waals surface area contributed by atoms with Crippen molar-refractivity contribution in [1.29, 1.82) is 0 Å². The monoisotopic (exact) mass is 367 g/mol. The number of aromatic amines is 1. The van der Waals surface area contributed by atoms with Gasteiger partial charge in [0.1, 0.15) is 6.10 Å². The average Bonchev–Trinajstić information content (AvgIpc) is 2.69. The summed E-state index contributed by atoms with van der Waals surface area (Å²) < 4.78 is 20.9. The SMILES string of the molecule is Cc1c[nH]c(=O)c2ccc(OC3CCN(Cc4ccccn4)CC3)c(F)c12. The number of aryl methyl sites for hydroxylation is 1. The summed E-state index contributed by atoms with van der Waals surface area (Å²) in [4.78, 5) is 21.2. The van der Waals surface area contributed by atoms with Crippen LogP contribution < -0.4 is 10.3 Å². The van der Waals surface area contributed by atoms with Crippen LogP contribution in [0.2, 0.25) is 0 Å². The molecule has 2 aromatic heterocycles. The Labute approximate surface area is 156 Å². The summed E-state index contributed by atoms with van der Waals surface area (Å²) in [6.45, 7) is 4.37. The number of ether oxygens (including phenoxy) is 1. The van der Waals surface area contributed by atoms with Gasteiger partial charge in [-0.05, 0) is 49.6 Å². The van der Waals surface area contributed by atoms with Crippen molar-refractivity contribution < 1.29 is 9.13 Å².